The molecule has 1 saturated heterocycles. The summed E-state index contributed by atoms with van der Waals surface area (Å²) in [5, 5.41) is 4.31. The summed E-state index contributed by atoms with van der Waals surface area (Å²) in [4.78, 5) is 16.6. The third kappa shape index (κ3) is 3.17. The van der Waals surface area contributed by atoms with E-state index in [0.29, 0.717) is 18.2 Å². The number of piperidine rings is 1. The highest BCUT2D eigenvalue weighted by molar-refractivity contribution is 5.91. The SMILES string of the molecule is CN(C[C@@H]1CCCN(C)[C@H]1c1ccnn1C)C(=O)c1ccco1. The lowest BCUT2D eigenvalue weighted by molar-refractivity contribution is 0.0605. The van der Waals surface area contributed by atoms with Gasteiger partial charge in [0.25, 0.3) is 5.91 Å². The minimum Gasteiger partial charge on any atom is -0.459 e. The summed E-state index contributed by atoms with van der Waals surface area (Å²) in [6.45, 7) is 1.78. The maximum atomic E-state index is 12.4. The van der Waals surface area contributed by atoms with Gasteiger partial charge in [0.05, 0.1) is 18.0 Å². The first kappa shape index (κ1) is 15.8. The van der Waals surface area contributed by atoms with Gasteiger partial charge in [0, 0.05) is 26.8 Å². The molecule has 2 aromatic heterocycles. The standard InChI is InChI=1S/C17H24N4O2/c1-19-10-4-6-13(16(19)14-8-9-18-21(14)3)12-20(2)17(22)15-7-5-11-23-15/h5,7-9,11,13,16H,4,6,10,12H2,1-3H3/t13-,16+/m0/s1. The van der Waals surface area contributed by atoms with Gasteiger partial charge in [0.15, 0.2) is 5.76 Å². The van der Waals surface area contributed by atoms with E-state index in [9.17, 15) is 4.79 Å². The van der Waals surface area contributed by atoms with Crippen LogP contribution in [-0.4, -0.2) is 52.7 Å². The highest BCUT2D eigenvalue weighted by Crippen LogP contribution is 2.35. The molecule has 0 spiro atoms. The number of amides is 1. The highest BCUT2D eigenvalue weighted by atomic mass is 16.3. The van der Waals surface area contributed by atoms with E-state index in [0.717, 1.165) is 19.4 Å². The summed E-state index contributed by atoms with van der Waals surface area (Å²) >= 11 is 0. The smallest absolute Gasteiger partial charge is 0.289 e. The largest absolute Gasteiger partial charge is 0.459 e. The minimum absolute atomic E-state index is 0.0630. The molecule has 2 atom stereocenters. The quantitative estimate of drug-likeness (QED) is 0.867. The van der Waals surface area contributed by atoms with Gasteiger partial charge < -0.3 is 9.32 Å². The molecule has 1 fully saturated rings. The van der Waals surface area contributed by atoms with E-state index in [2.05, 4.69) is 23.1 Å². The summed E-state index contributed by atoms with van der Waals surface area (Å²) in [5.74, 6) is 0.716. The van der Waals surface area contributed by atoms with E-state index in [-0.39, 0.29) is 11.9 Å². The van der Waals surface area contributed by atoms with E-state index < -0.39 is 0 Å². The predicted octanol–water partition coefficient (Wildman–Crippen LogP) is 2.17. The number of carbonyl (C=O) groups excluding carboxylic acids is 1. The predicted molar refractivity (Wildman–Crippen MR) is 87.0 cm³/mol. The zero-order chi connectivity index (χ0) is 16.4. The van der Waals surface area contributed by atoms with Gasteiger partial charge in [-0.3, -0.25) is 14.4 Å². The molecule has 3 heterocycles. The molecule has 2 aromatic rings. The molecule has 1 amide bonds. The van der Waals surface area contributed by atoms with Crippen molar-refractivity contribution >= 4 is 5.91 Å². The van der Waals surface area contributed by atoms with E-state index in [4.69, 9.17) is 4.42 Å². The first-order valence-electron chi connectivity index (χ1n) is 8.05. The van der Waals surface area contributed by atoms with Gasteiger partial charge in [0.1, 0.15) is 0 Å². The molecule has 6 nitrogen and oxygen atoms in total. The second kappa shape index (κ2) is 6.58. The summed E-state index contributed by atoms with van der Waals surface area (Å²) in [5.41, 5.74) is 1.20. The van der Waals surface area contributed by atoms with Crippen molar-refractivity contribution in [3.63, 3.8) is 0 Å². The van der Waals surface area contributed by atoms with Crippen LogP contribution in [-0.2, 0) is 7.05 Å². The third-order valence-electron chi connectivity index (χ3n) is 4.76. The van der Waals surface area contributed by atoms with Gasteiger partial charge in [0.2, 0.25) is 0 Å². The third-order valence-corrected chi connectivity index (χ3v) is 4.76. The number of nitrogens with zero attached hydrogens (tertiary/aromatic N) is 4. The van der Waals surface area contributed by atoms with Crippen molar-refractivity contribution in [2.45, 2.75) is 18.9 Å². The number of hydrogen-bond donors (Lipinski definition) is 0. The van der Waals surface area contributed by atoms with Crippen LogP contribution in [0.4, 0.5) is 0 Å². The van der Waals surface area contributed by atoms with Crippen molar-refractivity contribution < 1.29 is 9.21 Å². The van der Waals surface area contributed by atoms with Crippen LogP contribution in [0.5, 0.6) is 0 Å². The van der Waals surface area contributed by atoms with Crippen LogP contribution in [0.15, 0.2) is 35.1 Å². The molecule has 0 unspecified atom stereocenters. The van der Waals surface area contributed by atoms with Crippen LogP contribution >= 0.6 is 0 Å². The van der Waals surface area contributed by atoms with Crippen molar-refractivity contribution in [1.29, 1.82) is 0 Å². The maximum Gasteiger partial charge on any atom is 0.289 e. The van der Waals surface area contributed by atoms with Gasteiger partial charge in [-0.15, -0.1) is 0 Å². The molecular formula is C17H24N4O2. The average Bonchev–Trinajstić information content (AvgIpc) is 3.18. The van der Waals surface area contributed by atoms with Crippen LogP contribution in [0.3, 0.4) is 0 Å². The number of furan rings is 1. The Labute approximate surface area is 136 Å². The molecule has 0 aromatic carbocycles. The normalized spacial score (nSPS) is 22.2. The molecule has 124 valence electrons. The Morgan fingerprint density at radius 2 is 2.26 bits per heavy atom. The minimum atomic E-state index is -0.0630. The zero-order valence-corrected chi connectivity index (χ0v) is 14.0. The van der Waals surface area contributed by atoms with Crippen LogP contribution in [0, 0.1) is 5.92 Å². The Morgan fingerprint density at radius 1 is 1.43 bits per heavy atom. The second-order valence-electron chi connectivity index (χ2n) is 6.37. The van der Waals surface area contributed by atoms with Crippen molar-refractivity contribution in [1.82, 2.24) is 19.6 Å². The number of hydrogen-bond acceptors (Lipinski definition) is 4. The van der Waals surface area contributed by atoms with Crippen LogP contribution in [0.1, 0.15) is 35.1 Å². The highest BCUT2D eigenvalue weighted by Gasteiger charge is 2.34. The van der Waals surface area contributed by atoms with Crippen LogP contribution in [0.25, 0.3) is 0 Å². The van der Waals surface area contributed by atoms with E-state index in [1.165, 1.54) is 12.0 Å². The average molecular weight is 316 g/mol. The summed E-state index contributed by atoms with van der Waals surface area (Å²) < 4.78 is 7.17. The van der Waals surface area contributed by atoms with E-state index >= 15 is 0 Å². The monoisotopic (exact) mass is 316 g/mol. The lowest BCUT2D eigenvalue weighted by atomic mass is 9.87. The maximum absolute atomic E-state index is 12.4. The lowest BCUT2D eigenvalue weighted by Gasteiger charge is -2.40. The summed E-state index contributed by atoms with van der Waals surface area (Å²) in [6, 6.07) is 5.81. The van der Waals surface area contributed by atoms with E-state index in [1.54, 1.807) is 17.0 Å². The molecule has 23 heavy (non-hydrogen) atoms. The van der Waals surface area contributed by atoms with Gasteiger partial charge in [-0.05, 0) is 50.6 Å². The van der Waals surface area contributed by atoms with Crippen molar-refractivity contribution in [2.24, 2.45) is 13.0 Å². The first-order chi connectivity index (χ1) is 11.1. The summed E-state index contributed by atoms with van der Waals surface area (Å²) in [7, 11) is 5.98. The lowest BCUT2D eigenvalue weighted by Crippen LogP contribution is -2.43. The molecule has 1 aliphatic rings. The molecule has 0 bridgehead atoms. The number of aromatic nitrogens is 2. The first-order valence-corrected chi connectivity index (χ1v) is 8.05. The molecular weight excluding hydrogens is 292 g/mol. The Kier molecular flexibility index (Phi) is 4.52. The second-order valence-corrected chi connectivity index (χ2v) is 6.37. The Balaban J connectivity index is 1.76. The molecule has 3 rings (SSSR count). The number of rotatable bonds is 4. The molecule has 1 aliphatic heterocycles. The molecule has 0 N–H and O–H groups in total. The molecule has 0 radical (unpaired) electrons. The van der Waals surface area contributed by atoms with Gasteiger partial charge in [-0.25, -0.2) is 0 Å². The van der Waals surface area contributed by atoms with Gasteiger partial charge in [-0.1, -0.05) is 0 Å². The fourth-order valence-electron chi connectivity index (χ4n) is 3.62. The number of aryl methyl sites for hydroxylation is 1. The van der Waals surface area contributed by atoms with Crippen LogP contribution < -0.4 is 0 Å². The van der Waals surface area contributed by atoms with Gasteiger partial charge >= 0.3 is 0 Å². The Hall–Kier alpha value is -2.08. The molecule has 0 saturated carbocycles. The van der Waals surface area contributed by atoms with Crippen molar-refractivity contribution in [3.05, 3.63) is 42.1 Å². The zero-order valence-electron chi connectivity index (χ0n) is 14.0. The topological polar surface area (TPSA) is 54.5 Å². The Bertz CT molecular complexity index is 649. The molecule has 0 aliphatic carbocycles. The number of carbonyl (C=O) groups is 1. The number of likely N-dealkylation sites (tertiary alicyclic amines) is 1. The molecule has 6 heteroatoms. The Morgan fingerprint density at radius 3 is 2.91 bits per heavy atom. The van der Waals surface area contributed by atoms with E-state index in [1.807, 2.05) is 25.0 Å². The van der Waals surface area contributed by atoms with Gasteiger partial charge in [-0.2, -0.15) is 5.10 Å². The fraction of sp³-hybridized carbons (Fsp3) is 0.529. The summed E-state index contributed by atoms with van der Waals surface area (Å²) in [6.07, 6.45) is 5.63. The van der Waals surface area contributed by atoms with Crippen molar-refractivity contribution in [3.8, 4) is 0 Å². The van der Waals surface area contributed by atoms with Crippen LogP contribution in [0.2, 0.25) is 0 Å². The fourth-order valence-corrected chi connectivity index (χ4v) is 3.62. The van der Waals surface area contributed by atoms with Crippen molar-refractivity contribution in [2.75, 3.05) is 27.2 Å².